The molecule has 0 spiro atoms. The van der Waals surface area contributed by atoms with Crippen molar-refractivity contribution in [3.05, 3.63) is 65.2 Å². The van der Waals surface area contributed by atoms with Gasteiger partial charge >= 0.3 is 0 Å². The molecule has 0 aromatic heterocycles. The molecule has 0 N–H and O–H groups in total. The van der Waals surface area contributed by atoms with Crippen molar-refractivity contribution in [3.8, 4) is 6.19 Å². The Balaban J connectivity index is 1.83. The molecule has 0 aliphatic carbocycles. The number of hydrogen-bond donors (Lipinski definition) is 0. The van der Waals surface area contributed by atoms with Gasteiger partial charge in [-0.3, -0.25) is 0 Å². The van der Waals surface area contributed by atoms with Crippen LogP contribution in [0.2, 0.25) is 0 Å². The van der Waals surface area contributed by atoms with Gasteiger partial charge < -0.3 is 9.80 Å². The molecule has 0 bridgehead atoms. The quantitative estimate of drug-likeness (QED) is 0.481. The lowest BCUT2D eigenvalue weighted by Gasteiger charge is -2.28. The Morgan fingerprint density at radius 1 is 1.16 bits per heavy atom. The first-order valence-corrected chi connectivity index (χ1v) is 9.57. The molecule has 0 saturated carbocycles. The summed E-state index contributed by atoms with van der Waals surface area (Å²) in [4.78, 5) is 8.38. The van der Waals surface area contributed by atoms with Crippen molar-refractivity contribution in [2.75, 3.05) is 31.3 Å². The predicted molar refractivity (Wildman–Crippen MR) is 106 cm³/mol. The zero-order valence-electron chi connectivity index (χ0n) is 14.6. The molecule has 4 nitrogen and oxygen atoms in total. The third-order valence-corrected chi connectivity index (χ3v) is 5.32. The molecule has 0 unspecified atom stereocenters. The van der Waals surface area contributed by atoms with E-state index in [9.17, 15) is 0 Å². The van der Waals surface area contributed by atoms with Crippen LogP contribution >= 0.6 is 11.8 Å². The second-order valence-electron chi connectivity index (χ2n) is 6.12. The average molecular weight is 350 g/mol. The number of amidine groups is 1. The Kier molecular flexibility index (Phi) is 5.62. The Morgan fingerprint density at radius 3 is 2.56 bits per heavy atom. The fourth-order valence-corrected chi connectivity index (χ4v) is 3.78. The Bertz CT molecular complexity index is 809. The Morgan fingerprint density at radius 2 is 1.84 bits per heavy atom. The number of rotatable bonds is 3. The molecule has 1 aliphatic heterocycles. The number of thioether (sulfide) groups is 1. The van der Waals surface area contributed by atoms with Crippen molar-refractivity contribution in [1.29, 1.82) is 5.26 Å². The highest BCUT2D eigenvalue weighted by Gasteiger charge is 2.19. The van der Waals surface area contributed by atoms with E-state index in [0.29, 0.717) is 0 Å². The third-order valence-electron chi connectivity index (χ3n) is 4.55. The number of hydrogen-bond acceptors (Lipinski definition) is 4. The van der Waals surface area contributed by atoms with Gasteiger partial charge in [0, 0.05) is 32.4 Å². The van der Waals surface area contributed by atoms with Crippen LogP contribution in [0.25, 0.3) is 0 Å². The summed E-state index contributed by atoms with van der Waals surface area (Å²) in [5, 5.41) is 9.58. The maximum absolute atomic E-state index is 8.82. The summed E-state index contributed by atoms with van der Waals surface area (Å²) in [5.74, 6) is 0. The summed E-state index contributed by atoms with van der Waals surface area (Å²) in [7, 11) is 1.99. The number of aliphatic imine (C=N–C) groups is 1. The first-order chi connectivity index (χ1) is 12.2. The summed E-state index contributed by atoms with van der Waals surface area (Å²) in [6.07, 6.45) is 4.81. The van der Waals surface area contributed by atoms with Crippen molar-refractivity contribution in [3.63, 3.8) is 0 Å². The number of likely N-dealkylation sites (N-methyl/N-ethyl adjacent to an activating group) is 1. The maximum atomic E-state index is 8.82. The van der Waals surface area contributed by atoms with E-state index in [2.05, 4.69) is 58.4 Å². The number of para-hydroxylation sites is 1. The summed E-state index contributed by atoms with van der Waals surface area (Å²) >= 11 is 1.50. The summed E-state index contributed by atoms with van der Waals surface area (Å²) < 4.78 is 0. The number of benzene rings is 2. The molecule has 0 amide bonds. The number of fused-ring (bicyclic) bond motifs is 2. The Hall–Kier alpha value is -2.45. The minimum Gasteiger partial charge on any atom is -0.365 e. The van der Waals surface area contributed by atoms with Crippen LogP contribution in [0.3, 0.4) is 0 Å². The highest BCUT2D eigenvalue weighted by molar-refractivity contribution is 8.13. The predicted octanol–water partition coefficient (Wildman–Crippen LogP) is 3.73. The molecule has 0 fully saturated rings. The van der Waals surface area contributed by atoms with Gasteiger partial charge in [0.25, 0.3) is 0 Å². The monoisotopic (exact) mass is 350 g/mol. The first-order valence-electron chi connectivity index (χ1n) is 8.34. The van der Waals surface area contributed by atoms with Crippen LogP contribution in [0.15, 0.2) is 53.5 Å². The van der Waals surface area contributed by atoms with Crippen LogP contribution in [0.1, 0.15) is 16.7 Å². The lowest BCUT2D eigenvalue weighted by Crippen LogP contribution is -2.35. The van der Waals surface area contributed by atoms with Gasteiger partial charge in [0.15, 0.2) is 5.17 Å². The highest BCUT2D eigenvalue weighted by atomic mass is 32.2. The maximum Gasteiger partial charge on any atom is 0.208 e. The van der Waals surface area contributed by atoms with Crippen molar-refractivity contribution in [1.82, 2.24) is 4.90 Å². The molecule has 2 aromatic carbocycles. The van der Waals surface area contributed by atoms with Gasteiger partial charge in [0.1, 0.15) is 0 Å². The van der Waals surface area contributed by atoms with Crippen LogP contribution < -0.4 is 4.90 Å². The van der Waals surface area contributed by atoms with Gasteiger partial charge in [-0.2, -0.15) is 5.26 Å². The number of nitriles is 1. The lowest BCUT2D eigenvalue weighted by atomic mass is 10.0. The average Bonchev–Trinajstić information content (AvgIpc) is 2.80. The number of nitrogens with zero attached hydrogens (tertiary/aromatic N) is 4. The normalized spacial score (nSPS) is 13.5. The first kappa shape index (κ1) is 17.4. The third kappa shape index (κ3) is 3.97. The van der Waals surface area contributed by atoms with Gasteiger partial charge in [-0.25, -0.2) is 0 Å². The topological polar surface area (TPSA) is 42.6 Å². The van der Waals surface area contributed by atoms with E-state index in [0.717, 1.165) is 31.2 Å². The van der Waals surface area contributed by atoms with E-state index in [1.165, 1.54) is 34.1 Å². The second-order valence-corrected chi connectivity index (χ2v) is 6.89. The standard InChI is InChI=1S/C20H22N4S/c1-23(20(25-2)22-15-21)11-12-24-14-18-9-4-3-7-16(18)13-17-8-5-6-10-19(17)24/h3-10H,11-14H2,1-2H3. The Labute approximate surface area is 153 Å². The molecular weight excluding hydrogens is 328 g/mol. The fraction of sp³-hybridized carbons (Fsp3) is 0.300. The van der Waals surface area contributed by atoms with E-state index in [1.54, 1.807) is 0 Å². The van der Waals surface area contributed by atoms with E-state index in [4.69, 9.17) is 5.26 Å². The molecular formula is C20H22N4S. The van der Waals surface area contributed by atoms with Gasteiger partial charge in [-0.15, -0.1) is 4.99 Å². The molecule has 25 heavy (non-hydrogen) atoms. The second kappa shape index (κ2) is 8.09. The summed E-state index contributed by atoms with van der Waals surface area (Å²) in [6, 6.07) is 17.3. The summed E-state index contributed by atoms with van der Waals surface area (Å²) in [5.41, 5.74) is 5.46. The van der Waals surface area contributed by atoms with Crippen LogP contribution in [-0.2, 0) is 13.0 Å². The lowest BCUT2D eigenvalue weighted by molar-refractivity contribution is 0.511. The molecule has 3 rings (SSSR count). The van der Waals surface area contributed by atoms with Crippen LogP contribution in [-0.4, -0.2) is 36.5 Å². The van der Waals surface area contributed by atoms with Crippen molar-refractivity contribution in [2.24, 2.45) is 4.99 Å². The molecule has 128 valence electrons. The van der Waals surface area contributed by atoms with Gasteiger partial charge in [-0.1, -0.05) is 54.2 Å². The van der Waals surface area contributed by atoms with Gasteiger partial charge in [0.05, 0.1) is 0 Å². The largest absolute Gasteiger partial charge is 0.365 e. The van der Waals surface area contributed by atoms with Crippen LogP contribution in [0.5, 0.6) is 0 Å². The van der Waals surface area contributed by atoms with Crippen molar-refractivity contribution < 1.29 is 0 Å². The molecule has 1 aliphatic rings. The molecule has 1 heterocycles. The molecule has 0 saturated heterocycles. The van der Waals surface area contributed by atoms with E-state index in [1.807, 2.05) is 24.4 Å². The minimum absolute atomic E-state index is 0.756. The zero-order valence-corrected chi connectivity index (χ0v) is 15.5. The smallest absolute Gasteiger partial charge is 0.208 e. The van der Waals surface area contributed by atoms with E-state index in [-0.39, 0.29) is 0 Å². The van der Waals surface area contributed by atoms with Crippen LogP contribution in [0.4, 0.5) is 5.69 Å². The van der Waals surface area contributed by atoms with E-state index >= 15 is 0 Å². The molecule has 2 aromatic rings. The number of anilines is 1. The van der Waals surface area contributed by atoms with Crippen molar-refractivity contribution >= 4 is 22.6 Å². The van der Waals surface area contributed by atoms with Crippen LogP contribution in [0, 0.1) is 11.5 Å². The van der Waals surface area contributed by atoms with Gasteiger partial charge in [-0.05, 0) is 35.4 Å². The minimum atomic E-state index is 0.756. The van der Waals surface area contributed by atoms with E-state index < -0.39 is 0 Å². The molecule has 0 radical (unpaired) electrons. The highest BCUT2D eigenvalue weighted by Crippen LogP contribution is 2.30. The van der Waals surface area contributed by atoms with Gasteiger partial charge in [0.2, 0.25) is 6.19 Å². The summed E-state index contributed by atoms with van der Waals surface area (Å²) in [6.45, 7) is 2.61. The zero-order chi connectivity index (χ0) is 17.6. The molecule has 0 atom stereocenters. The molecule has 5 heteroatoms. The SMILES string of the molecule is CSC(=NC#N)N(C)CCN1Cc2ccccc2Cc2ccccc21. The fourth-order valence-electron chi connectivity index (χ4n) is 3.24. The van der Waals surface area contributed by atoms with Crippen molar-refractivity contribution in [2.45, 2.75) is 13.0 Å².